The highest BCUT2D eigenvalue weighted by Crippen LogP contribution is 2.47. The standard InChI is InChI=1S/C11H24N2/c1-9(8-13(4)5)12-10(2)11(3)6-7-11/h9-10,12H,6-8H2,1-5H3. The molecule has 0 bridgehead atoms. The lowest BCUT2D eigenvalue weighted by Crippen LogP contribution is -2.44. The molecule has 1 aliphatic rings. The van der Waals surface area contributed by atoms with Crippen LogP contribution in [0, 0.1) is 5.41 Å². The first-order chi connectivity index (χ1) is 5.94. The zero-order chi connectivity index (χ0) is 10.1. The maximum absolute atomic E-state index is 3.67. The molecule has 2 nitrogen and oxygen atoms in total. The summed E-state index contributed by atoms with van der Waals surface area (Å²) in [6.07, 6.45) is 2.80. The molecule has 1 N–H and O–H groups in total. The van der Waals surface area contributed by atoms with Crippen LogP contribution in [0.25, 0.3) is 0 Å². The number of hydrogen-bond donors (Lipinski definition) is 1. The Kier molecular flexibility index (Phi) is 3.36. The van der Waals surface area contributed by atoms with Crippen molar-refractivity contribution in [2.75, 3.05) is 20.6 Å². The number of rotatable bonds is 5. The Hall–Kier alpha value is -0.0800. The van der Waals surface area contributed by atoms with E-state index in [-0.39, 0.29) is 0 Å². The van der Waals surface area contributed by atoms with Gasteiger partial charge in [0, 0.05) is 18.6 Å². The summed E-state index contributed by atoms with van der Waals surface area (Å²) in [5.74, 6) is 0. The highest BCUT2D eigenvalue weighted by molar-refractivity contribution is 4.97. The number of likely N-dealkylation sites (N-methyl/N-ethyl adjacent to an activating group) is 1. The van der Waals surface area contributed by atoms with Crippen LogP contribution >= 0.6 is 0 Å². The maximum atomic E-state index is 3.67. The third-order valence-electron chi connectivity index (χ3n) is 3.26. The van der Waals surface area contributed by atoms with E-state index in [0.29, 0.717) is 17.5 Å². The van der Waals surface area contributed by atoms with Gasteiger partial charge in [-0.2, -0.15) is 0 Å². The fourth-order valence-corrected chi connectivity index (χ4v) is 1.86. The summed E-state index contributed by atoms with van der Waals surface area (Å²) in [7, 11) is 4.25. The zero-order valence-electron chi connectivity index (χ0n) is 9.72. The summed E-state index contributed by atoms with van der Waals surface area (Å²) in [5.41, 5.74) is 0.598. The van der Waals surface area contributed by atoms with Gasteiger partial charge in [0.05, 0.1) is 0 Å². The molecule has 1 aliphatic carbocycles. The van der Waals surface area contributed by atoms with Gasteiger partial charge in [0.25, 0.3) is 0 Å². The van der Waals surface area contributed by atoms with Crippen molar-refractivity contribution < 1.29 is 0 Å². The van der Waals surface area contributed by atoms with Crippen LogP contribution in [0.5, 0.6) is 0 Å². The van der Waals surface area contributed by atoms with Crippen LogP contribution < -0.4 is 5.32 Å². The smallest absolute Gasteiger partial charge is 0.0169 e. The van der Waals surface area contributed by atoms with Crippen molar-refractivity contribution in [3.8, 4) is 0 Å². The van der Waals surface area contributed by atoms with Gasteiger partial charge in [0.2, 0.25) is 0 Å². The first kappa shape index (κ1) is 11.0. The van der Waals surface area contributed by atoms with Gasteiger partial charge in [-0.1, -0.05) is 6.92 Å². The van der Waals surface area contributed by atoms with Crippen LogP contribution in [0.1, 0.15) is 33.6 Å². The molecule has 0 aromatic rings. The molecule has 0 heterocycles. The Bertz CT molecular complexity index is 161. The second-order valence-corrected chi connectivity index (χ2v) is 5.21. The topological polar surface area (TPSA) is 15.3 Å². The zero-order valence-corrected chi connectivity index (χ0v) is 9.72. The minimum absolute atomic E-state index is 0.598. The Balaban J connectivity index is 2.23. The Morgan fingerprint density at radius 3 is 2.23 bits per heavy atom. The van der Waals surface area contributed by atoms with E-state index >= 15 is 0 Å². The van der Waals surface area contributed by atoms with E-state index in [1.165, 1.54) is 12.8 Å². The van der Waals surface area contributed by atoms with Gasteiger partial charge < -0.3 is 10.2 Å². The molecule has 0 aliphatic heterocycles. The summed E-state index contributed by atoms with van der Waals surface area (Å²) in [4.78, 5) is 2.24. The molecule has 0 radical (unpaired) electrons. The summed E-state index contributed by atoms with van der Waals surface area (Å²) >= 11 is 0. The van der Waals surface area contributed by atoms with Crippen molar-refractivity contribution in [2.24, 2.45) is 5.41 Å². The second-order valence-electron chi connectivity index (χ2n) is 5.21. The van der Waals surface area contributed by atoms with Gasteiger partial charge in [-0.3, -0.25) is 0 Å². The normalized spacial score (nSPS) is 24.5. The summed E-state index contributed by atoms with van der Waals surface area (Å²) in [5, 5.41) is 3.67. The summed E-state index contributed by atoms with van der Waals surface area (Å²) in [6.45, 7) is 8.09. The molecule has 0 aromatic heterocycles. The predicted molar refractivity (Wildman–Crippen MR) is 58.0 cm³/mol. The van der Waals surface area contributed by atoms with E-state index in [2.05, 4.69) is 45.1 Å². The Morgan fingerprint density at radius 1 is 1.31 bits per heavy atom. The van der Waals surface area contributed by atoms with Crippen LogP contribution in [-0.2, 0) is 0 Å². The molecular formula is C11H24N2. The van der Waals surface area contributed by atoms with Crippen molar-refractivity contribution in [1.29, 1.82) is 0 Å². The van der Waals surface area contributed by atoms with Gasteiger partial charge in [0.1, 0.15) is 0 Å². The maximum Gasteiger partial charge on any atom is 0.0169 e. The number of hydrogen-bond acceptors (Lipinski definition) is 2. The monoisotopic (exact) mass is 184 g/mol. The third kappa shape index (κ3) is 3.28. The van der Waals surface area contributed by atoms with Gasteiger partial charge in [-0.25, -0.2) is 0 Å². The quantitative estimate of drug-likeness (QED) is 0.700. The molecule has 1 saturated carbocycles. The number of nitrogens with zero attached hydrogens (tertiary/aromatic N) is 1. The second kappa shape index (κ2) is 3.97. The lowest BCUT2D eigenvalue weighted by atomic mass is 10.00. The molecule has 0 aromatic carbocycles. The Morgan fingerprint density at radius 2 is 1.85 bits per heavy atom. The van der Waals surface area contributed by atoms with Crippen molar-refractivity contribution in [3.63, 3.8) is 0 Å². The molecule has 0 spiro atoms. The van der Waals surface area contributed by atoms with Crippen molar-refractivity contribution in [3.05, 3.63) is 0 Å². The van der Waals surface area contributed by atoms with E-state index in [0.717, 1.165) is 6.54 Å². The molecule has 13 heavy (non-hydrogen) atoms. The third-order valence-corrected chi connectivity index (χ3v) is 3.26. The van der Waals surface area contributed by atoms with E-state index in [1.807, 2.05) is 0 Å². The first-order valence-corrected chi connectivity index (χ1v) is 5.35. The molecule has 2 unspecified atom stereocenters. The largest absolute Gasteiger partial charge is 0.310 e. The molecule has 78 valence electrons. The van der Waals surface area contributed by atoms with E-state index in [4.69, 9.17) is 0 Å². The van der Waals surface area contributed by atoms with Crippen molar-refractivity contribution >= 4 is 0 Å². The van der Waals surface area contributed by atoms with E-state index in [1.54, 1.807) is 0 Å². The lowest BCUT2D eigenvalue weighted by Gasteiger charge is -2.26. The fourth-order valence-electron chi connectivity index (χ4n) is 1.86. The highest BCUT2D eigenvalue weighted by atomic mass is 15.1. The fraction of sp³-hybridized carbons (Fsp3) is 1.00. The summed E-state index contributed by atoms with van der Waals surface area (Å²) in [6, 6.07) is 1.27. The van der Waals surface area contributed by atoms with Crippen LogP contribution in [0.15, 0.2) is 0 Å². The molecule has 1 rings (SSSR count). The first-order valence-electron chi connectivity index (χ1n) is 5.35. The molecule has 0 saturated heterocycles. The number of nitrogens with one attached hydrogen (secondary N) is 1. The molecular weight excluding hydrogens is 160 g/mol. The molecule has 0 amide bonds. The van der Waals surface area contributed by atoms with Crippen molar-refractivity contribution in [2.45, 2.75) is 45.7 Å². The van der Waals surface area contributed by atoms with Gasteiger partial charge in [0.15, 0.2) is 0 Å². The van der Waals surface area contributed by atoms with Crippen LogP contribution in [0.2, 0.25) is 0 Å². The Labute approximate surface area is 82.7 Å². The van der Waals surface area contributed by atoms with Crippen molar-refractivity contribution in [1.82, 2.24) is 10.2 Å². The lowest BCUT2D eigenvalue weighted by molar-refractivity contribution is 0.293. The molecule has 1 fully saturated rings. The average molecular weight is 184 g/mol. The van der Waals surface area contributed by atoms with Gasteiger partial charge in [-0.05, 0) is 46.2 Å². The van der Waals surface area contributed by atoms with Crippen LogP contribution in [-0.4, -0.2) is 37.6 Å². The minimum Gasteiger partial charge on any atom is -0.310 e. The van der Waals surface area contributed by atoms with Crippen LogP contribution in [0.3, 0.4) is 0 Å². The van der Waals surface area contributed by atoms with Gasteiger partial charge in [-0.15, -0.1) is 0 Å². The minimum atomic E-state index is 0.598. The average Bonchev–Trinajstić information content (AvgIpc) is 2.67. The molecule has 2 atom stereocenters. The van der Waals surface area contributed by atoms with E-state index in [9.17, 15) is 0 Å². The van der Waals surface area contributed by atoms with Crippen LogP contribution in [0.4, 0.5) is 0 Å². The SMILES string of the molecule is CC(CN(C)C)NC(C)C1(C)CC1. The summed E-state index contributed by atoms with van der Waals surface area (Å²) < 4.78 is 0. The highest BCUT2D eigenvalue weighted by Gasteiger charge is 2.42. The molecule has 2 heteroatoms. The van der Waals surface area contributed by atoms with Gasteiger partial charge >= 0.3 is 0 Å². The van der Waals surface area contributed by atoms with E-state index < -0.39 is 0 Å². The predicted octanol–water partition coefficient (Wildman–Crippen LogP) is 1.71.